The van der Waals surface area contributed by atoms with Crippen molar-refractivity contribution in [2.45, 2.75) is 6.04 Å². The maximum Gasteiger partial charge on any atom is 0.313 e. The minimum absolute atomic E-state index is 0.187. The number of rotatable bonds is 5. The Morgan fingerprint density at radius 3 is 2.81 bits per heavy atom. The Labute approximate surface area is 164 Å². The lowest BCUT2D eigenvalue weighted by Crippen LogP contribution is -2.39. The van der Waals surface area contributed by atoms with E-state index in [1.165, 1.54) is 29.5 Å². The van der Waals surface area contributed by atoms with Crippen LogP contribution in [0.4, 0.5) is 5.69 Å². The number of halogens is 1. The van der Waals surface area contributed by atoms with Crippen molar-refractivity contribution in [1.29, 1.82) is 5.26 Å². The Morgan fingerprint density at radius 1 is 1.30 bits per heavy atom. The number of amides is 2. The predicted octanol–water partition coefficient (Wildman–Crippen LogP) is 2.81. The summed E-state index contributed by atoms with van der Waals surface area (Å²) in [6.45, 7) is 0.190. The predicted molar refractivity (Wildman–Crippen MR) is 102 cm³/mol. The van der Waals surface area contributed by atoms with Crippen LogP contribution in [0.3, 0.4) is 0 Å². The van der Waals surface area contributed by atoms with Crippen molar-refractivity contribution in [1.82, 2.24) is 15.1 Å². The lowest BCUT2D eigenvalue weighted by molar-refractivity contribution is -0.136. The third-order valence-electron chi connectivity index (χ3n) is 3.73. The van der Waals surface area contributed by atoms with E-state index in [1.807, 2.05) is 23.6 Å². The summed E-state index contributed by atoms with van der Waals surface area (Å²) in [5.74, 6) is -1.69. The SMILES string of the molecule is N#Cc1ccc(Cl)cc1NC(=O)C(=O)NC[C@@H](c1cccs1)n1cccn1. The number of carbonyl (C=O) groups excluding carboxylic acids is 2. The molecule has 0 aliphatic rings. The topological polar surface area (TPSA) is 99.8 Å². The maximum absolute atomic E-state index is 12.2. The van der Waals surface area contributed by atoms with E-state index in [4.69, 9.17) is 16.9 Å². The van der Waals surface area contributed by atoms with Gasteiger partial charge in [0.1, 0.15) is 12.1 Å². The van der Waals surface area contributed by atoms with Gasteiger partial charge in [0, 0.05) is 28.8 Å². The highest BCUT2D eigenvalue weighted by atomic mass is 35.5. The number of benzene rings is 1. The number of nitriles is 1. The molecule has 0 aliphatic carbocycles. The molecule has 0 bridgehead atoms. The molecule has 0 unspecified atom stereocenters. The average molecular weight is 400 g/mol. The summed E-state index contributed by atoms with van der Waals surface area (Å²) in [4.78, 5) is 25.4. The van der Waals surface area contributed by atoms with E-state index >= 15 is 0 Å². The van der Waals surface area contributed by atoms with Gasteiger partial charge in [0.25, 0.3) is 0 Å². The van der Waals surface area contributed by atoms with Crippen LogP contribution in [0.1, 0.15) is 16.5 Å². The molecule has 9 heteroatoms. The molecule has 0 aliphatic heterocycles. The lowest BCUT2D eigenvalue weighted by atomic mass is 10.2. The number of nitrogens with one attached hydrogen (secondary N) is 2. The van der Waals surface area contributed by atoms with Gasteiger partial charge in [-0.3, -0.25) is 14.3 Å². The van der Waals surface area contributed by atoms with E-state index in [0.29, 0.717) is 5.02 Å². The van der Waals surface area contributed by atoms with Crippen LogP contribution in [0.25, 0.3) is 0 Å². The van der Waals surface area contributed by atoms with Crippen molar-refractivity contribution < 1.29 is 9.59 Å². The van der Waals surface area contributed by atoms with Crippen molar-refractivity contribution in [2.75, 3.05) is 11.9 Å². The number of hydrogen-bond donors (Lipinski definition) is 2. The van der Waals surface area contributed by atoms with Crippen LogP contribution in [0.15, 0.2) is 54.2 Å². The summed E-state index contributed by atoms with van der Waals surface area (Å²) < 4.78 is 1.72. The van der Waals surface area contributed by atoms with Crippen LogP contribution < -0.4 is 10.6 Å². The molecule has 0 spiro atoms. The second-order valence-corrected chi connectivity index (χ2v) is 6.90. The molecule has 2 aromatic heterocycles. The molecule has 136 valence electrons. The van der Waals surface area contributed by atoms with E-state index < -0.39 is 11.8 Å². The quantitative estimate of drug-likeness (QED) is 0.644. The molecule has 0 radical (unpaired) electrons. The van der Waals surface area contributed by atoms with Crippen molar-refractivity contribution in [3.05, 3.63) is 69.6 Å². The summed E-state index contributed by atoms with van der Waals surface area (Å²) >= 11 is 7.42. The highest BCUT2D eigenvalue weighted by molar-refractivity contribution is 7.10. The Bertz CT molecular complexity index is 946. The molecular formula is C18H14ClN5O2S. The maximum atomic E-state index is 12.2. The smallest absolute Gasteiger partial charge is 0.313 e. The Kier molecular flexibility index (Phi) is 5.86. The standard InChI is InChI=1S/C18H14ClN5O2S/c19-13-5-4-12(10-20)14(9-13)23-18(26)17(25)21-11-15(16-3-1-8-27-16)24-7-2-6-22-24/h1-9,15H,11H2,(H,21,25)(H,23,26)/t15-/m0/s1. The summed E-state index contributed by atoms with van der Waals surface area (Å²) in [6, 6.07) is 11.8. The molecule has 7 nitrogen and oxygen atoms in total. The van der Waals surface area contributed by atoms with Crippen LogP contribution in [0.2, 0.25) is 5.02 Å². The molecule has 2 amide bonds. The number of aromatic nitrogens is 2. The molecule has 3 aromatic rings. The van der Waals surface area contributed by atoms with Crippen molar-refractivity contribution in [3.8, 4) is 6.07 Å². The van der Waals surface area contributed by atoms with Crippen LogP contribution >= 0.6 is 22.9 Å². The van der Waals surface area contributed by atoms with Gasteiger partial charge in [-0.25, -0.2) is 0 Å². The average Bonchev–Trinajstić information content (AvgIpc) is 3.36. The first-order chi connectivity index (χ1) is 13.1. The molecule has 27 heavy (non-hydrogen) atoms. The molecule has 3 rings (SSSR count). The number of hydrogen-bond acceptors (Lipinski definition) is 5. The summed E-state index contributed by atoms with van der Waals surface area (Å²) in [5, 5.41) is 20.6. The Hall–Kier alpha value is -3.15. The monoisotopic (exact) mass is 399 g/mol. The van der Waals surface area contributed by atoms with Gasteiger partial charge in [0.15, 0.2) is 0 Å². The molecule has 1 aromatic carbocycles. The van der Waals surface area contributed by atoms with Gasteiger partial charge in [-0.1, -0.05) is 17.7 Å². The minimum Gasteiger partial charge on any atom is -0.345 e. The minimum atomic E-state index is -0.876. The Balaban J connectivity index is 1.67. The van der Waals surface area contributed by atoms with E-state index in [1.54, 1.807) is 23.1 Å². The third kappa shape index (κ3) is 4.53. The zero-order chi connectivity index (χ0) is 19.2. The number of thiophene rings is 1. The fraction of sp³-hybridized carbons (Fsp3) is 0.111. The molecular weight excluding hydrogens is 386 g/mol. The second-order valence-electron chi connectivity index (χ2n) is 5.48. The largest absolute Gasteiger partial charge is 0.345 e. The molecule has 1 atom stereocenters. The summed E-state index contributed by atoms with van der Waals surface area (Å²) in [7, 11) is 0. The molecule has 0 saturated heterocycles. The van der Waals surface area contributed by atoms with Crippen molar-refractivity contribution in [3.63, 3.8) is 0 Å². The molecule has 2 heterocycles. The highest BCUT2D eigenvalue weighted by Crippen LogP contribution is 2.22. The van der Waals surface area contributed by atoms with Gasteiger partial charge in [-0.05, 0) is 35.7 Å². The first kappa shape index (κ1) is 18.6. The number of carbonyl (C=O) groups is 2. The van der Waals surface area contributed by atoms with Crippen LogP contribution in [0.5, 0.6) is 0 Å². The van der Waals surface area contributed by atoms with Gasteiger partial charge in [0.05, 0.1) is 11.3 Å². The van der Waals surface area contributed by atoms with E-state index in [-0.39, 0.29) is 23.8 Å². The summed E-state index contributed by atoms with van der Waals surface area (Å²) in [5.41, 5.74) is 0.403. The third-order valence-corrected chi connectivity index (χ3v) is 4.94. The van der Waals surface area contributed by atoms with Gasteiger partial charge in [-0.2, -0.15) is 10.4 Å². The number of nitrogens with zero attached hydrogens (tertiary/aromatic N) is 3. The zero-order valence-corrected chi connectivity index (χ0v) is 15.5. The fourth-order valence-corrected chi connectivity index (χ4v) is 3.43. The van der Waals surface area contributed by atoms with Gasteiger partial charge >= 0.3 is 11.8 Å². The number of anilines is 1. The van der Waals surface area contributed by atoms with Gasteiger partial charge in [0.2, 0.25) is 0 Å². The van der Waals surface area contributed by atoms with E-state index in [0.717, 1.165) is 4.88 Å². The molecule has 0 fully saturated rings. The van der Waals surface area contributed by atoms with Gasteiger partial charge in [-0.15, -0.1) is 11.3 Å². The van der Waals surface area contributed by atoms with Crippen molar-refractivity contribution in [2.24, 2.45) is 0 Å². The van der Waals surface area contributed by atoms with Crippen LogP contribution in [-0.2, 0) is 9.59 Å². The van der Waals surface area contributed by atoms with Gasteiger partial charge < -0.3 is 10.6 Å². The summed E-state index contributed by atoms with van der Waals surface area (Å²) in [6.07, 6.45) is 3.44. The van der Waals surface area contributed by atoms with Crippen LogP contribution in [-0.4, -0.2) is 28.1 Å². The molecule has 2 N–H and O–H groups in total. The highest BCUT2D eigenvalue weighted by Gasteiger charge is 2.20. The first-order valence-corrected chi connectivity index (χ1v) is 9.15. The Morgan fingerprint density at radius 2 is 2.15 bits per heavy atom. The lowest BCUT2D eigenvalue weighted by Gasteiger charge is -2.17. The first-order valence-electron chi connectivity index (χ1n) is 7.90. The van der Waals surface area contributed by atoms with Crippen molar-refractivity contribution >= 4 is 40.4 Å². The van der Waals surface area contributed by atoms with E-state index in [9.17, 15) is 9.59 Å². The van der Waals surface area contributed by atoms with E-state index in [2.05, 4.69) is 15.7 Å². The normalized spacial score (nSPS) is 11.4. The zero-order valence-electron chi connectivity index (χ0n) is 13.9. The molecule has 0 saturated carbocycles. The fourth-order valence-electron chi connectivity index (χ4n) is 2.44. The second kappa shape index (κ2) is 8.49. The van der Waals surface area contributed by atoms with Crippen LogP contribution in [0, 0.1) is 11.3 Å².